The third kappa shape index (κ3) is 6.43. The van der Waals surface area contributed by atoms with Crippen molar-refractivity contribution >= 4 is 21.4 Å². The van der Waals surface area contributed by atoms with Gasteiger partial charge in [-0.25, -0.2) is 0 Å². The molecule has 0 atom stereocenters. The molecule has 7 heteroatoms. The third-order valence-corrected chi connectivity index (χ3v) is 6.38. The van der Waals surface area contributed by atoms with Crippen molar-refractivity contribution in [3.63, 3.8) is 0 Å². The summed E-state index contributed by atoms with van der Waals surface area (Å²) in [4.78, 5) is 8.20. The maximum absolute atomic E-state index is 12.9. The first-order chi connectivity index (χ1) is 17.0. The first-order valence-corrected chi connectivity index (χ1v) is 12.5. The number of hydrogen-bond acceptors (Lipinski definition) is 5. The second-order valence-corrected chi connectivity index (χ2v) is 9.46. The van der Waals surface area contributed by atoms with Gasteiger partial charge in [0.05, 0.1) is 4.90 Å². The molecule has 0 unspecified atom stereocenters. The summed E-state index contributed by atoms with van der Waals surface area (Å²) < 4.78 is 25.9. The summed E-state index contributed by atoms with van der Waals surface area (Å²) in [6.07, 6.45) is 0. The van der Waals surface area contributed by atoms with Gasteiger partial charge in [-0.2, -0.15) is 18.4 Å². The summed E-state index contributed by atoms with van der Waals surface area (Å²) in [7, 11) is -3.89. The summed E-state index contributed by atoms with van der Waals surface area (Å²) in [5.74, 6) is 0. The van der Waals surface area contributed by atoms with Crippen LogP contribution in [-0.4, -0.2) is 19.8 Å². The number of oxime groups is 1. The second kappa shape index (κ2) is 11.3. The van der Waals surface area contributed by atoms with Crippen molar-refractivity contribution in [3.05, 3.63) is 138 Å². The molecule has 0 spiro atoms. The van der Waals surface area contributed by atoms with E-state index in [4.69, 9.17) is 4.84 Å². The summed E-state index contributed by atoms with van der Waals surface area (Å²) in [6, 6.07) is 34.9. The molecule has 0 aliphatic heterocycles. The zero-order valence-corrected chi connectivity index (χ0v) is 20.0. The minimum absolute atomic E-state index is 0.123. The fraction of sp³-hybridized carbons (Fsp3) is 0.0714. The zero-order chi connectivity index (χ0) is 24.5. The van der Waals surface area contributed by atoms with Gasteiger partial charge in [0.2, 0.25) is 0 Å². The molecule has 0 aliphatic rings. The minimum atomic E-state index is -3.89. The second-order valence-electron chi connectivity index (χ2n) is 7.80. The molecule has 176 valence electrons. The molecule has 0 radical (unpaired) electrons. The Kier molecular flexibility index (Phi) is 7.70. The number of benzene rings is 4. The van der Waals surface area contributed by atoms with Gasteiger partial charge in [-0.15, -0.1) is 0 Å². The predicted molar refractivity (Wildman–Crippen MR) is 139 cm³/mol. The Morgan fingerprint density at radius 1 is 0.714 bits per heavy atom. The van der Waals surface area contributed by atoms with Crippen LogP contribution in [-0.2, 0) is 21.5 Å². The van der Waals surface area contributed by atoms with Gasteiger partial charge in [-0.3, -0.25) is 0 Å². The lowest BCUT2D eigenvalue weighted by Gasteiger charge is -2.12. The Labute approximate surface area is 205 Å². The van der Waals surface area contributed by atoms with E-state index in [1.807, 2.05) is 97.9 Å². The number of rotatable bonds is 9. The summed E-state index contributed by atoms with van der Waals surface area (Å²) in [6.45, 7) is 2.15. The molecule has 0 amide bonds. The van der Waals surface area contributed by atoms with Gasteiger partial charge in [0.25, 0.3) is 10.0 Å². The van der Waals surface area contributed by atoms with E-state index in [1.54, 1.807) is 24.3 Å². The first-order valence-electron chi connectivity index (χ1n) is 11.0. The van der Waals surface area contributed by atoms with Crippen molar-refractivity contribution in [2.75, 3.05) is 0 Å². The van der Waals surface area contributed by atoms with Gasteiger partial charge >= 0.3 is 0 Å². The van der Waals surface area contributed by atoms with Gasteiger partial charge < -0.3 is 4.84 Å². The van der Waals surface area contributed by atoms with E-state index in [1.165, 1.54) is 0 Å². The Bertz CT molecular complexity index is 1400. The molecule has 1 N–H and O–H groups in total. The number of hydrazone groups is 1. The minimum Gasteiger partial charge on any atom is -0.390 e. The zero-order valence-electron chi connectivity index (χ0n) is 19.2. The molecule has 0 saturated heterocycles. The SMILES string of the molecule is Cc1ccc(S(=O)(=O)NN=C(C(=NOCc2ccccc2)c2ccccc2)c2ccccc2)cc1. The predicted octanol–water partition coefficient (Wildman–Crippen LogP) is 5.30. The van der Waals surface area contributed by atoms with Crippen molar-refractivity contribution in [1.82, 2.24) is 4.83 Å². The highest BCUT2D eigenvalue weighted by Gasteiger charge is 2.19. The van der Waals surface area contributed by atoms with E-state index in [0.29, 0.717) is 17.0 Å². The highest BCUT2D eigenvalue weighted by atomic mass is 32.2. The van der Waals surface area contributed by atoms with Gasteiger partial charge in [-0.1, -0.05) is 114 Å². The summed E-state index contributed by atoms with van der Waals surface area (Å²) in [5, 5.41) is 8.74. The van der Waals surface area contributed by atoms with Crippen molar-refractivity contribution in [3.8, 4) is 0 Å². The van der Waals surface area contributed by atoms with E-state index in [-0.39, 0.29) is 11.5 Å². The topological polar surface area (TPSA) is 80.1 Å². The van der Waals surface area contributed by atoms with Crippen molar-refractivity contribution in [2.45, 2.75) is 18.4 Å². The molecule has 0 bridgehead atoms. The summed E-state index contributed by atoms with van der Waals surface area (Å²) >= 11 is 0. The van der Waals surface area contributed by atoms with Crippen LogP contribution in [0.1, 0.15) is 22.3 Å². The number of sulfonamides is 1. The molecule has 0 fully saturated rings. The molecule has 0 heterocycles. The van der Waals surface area contributed by atoms with E-state index < -0.39 is 10.0 Å². The number of nitrogens with zero attached hydrogens (tertiary/aromatic N) is 2. The first kappa shape index (κ1) is 23.9. The van der Waals surface area contributed by atoms with Crippen LogP contribution in [0.2, 0.25) is 0 Å². The molecular weight excluding hydrogens is 458 g/mol. The molecule has 35 heavy (non-hydrogen) atoms. The van der Waals surface area contributed by atoms with Crippen LogP contribution in [0.15, 0.2) is 130 Å². The van der Waals surface area contributed by atoms with Gasteiger partial charge in [0.15, 0.2) is 0 Å². The van der Waals surface area contributed by atoms with E-state index in [2.05, 4.69) is 15.1 Å². The van der Waals surface area contributed by atoms with E-state index in [9.17, 15) is 8.42 Å². The fourth-order valence-electron chi connectivity index (χ4n) is 3.30. The van der Waals surface area contributed by atoms with Crippen LogP contribution in [0.5, 0.6) is 0 Å². The Balaban J connectivity index is 1.73. The number of nitrogens with one attached hydrogen (secondary N) is 1. The Morgan fingerprint density at radius 2 is 1.23 bits per heavy atom. The molecule has 4 rings (SSSR count). The van der Waals surface area contributed by atoms with Crippen LogP contribution >= 0.6 is 0 Å². The average molecular weight is 484 g/mol. The van der Waals surface area contributed by atoms with Crippen LogP contribution in [0.4, 0.5) is 0 Å². The Hall–Kier alpha value is -4.23. The Morgan fingerprint density at radius 3 is 1.80 bits per heavy atom. The smallest absolute Gasteiger partial charge is 0.276 e. The van der Waals surface area contributed by atoms with Gasteiger partial charge in [-0.05, 0) is 24.6 Å². The fourth-order valence-corrected chi connectivity index (χ4v) is 4.11. The van der Waals surface area contributed by atoms with E-state index >= 15 is 0 Å². The lowest BCUT2D eigenvalue weighted by molar-refractivity contribution is 0.131. The maximum Gasteiger partial charge on any atom is 0.276 e. The molecule has 0 saturated carbocycles. The molecule has 4 aromatic rings. The molecule has 4 aromatic carbocycles. The lowest BCUT2D eigenvalue weighted by atomic mass is 10.00. The largest absolute Gasteiger partial charge is 0.390 e. The van der Waals surface area contributed by atoms with Crippen molar-refractivity contribution in [2.24, 2.45) is 10.3 Å². The lowest BCUT2D eigenvalue weighted by Crippen LogP contribution is -2.25. The summed E-state index contributed by atoms with van der Waals surface area (Å²) in [5.41, 5.74) is 4.08. The van der Waals surface area contributed by atoms with Crippen LogP contribution in [0.3, 0.4) is 0 Å². The number of aryl methyl sites for hydroxylation is 1. The van der Waals surface area contributed by atoms with Crippen LogP contribution in [0, 0.1) is 6.92 Å². The van der Waals surface area contributed by atoms with E-state index in [0.717, 1.165) is 16.7 Å². The molecular formula is C28H25N3O3S. The average Bonchev–Trinajstić information content (AvgIpc) is 2.90. The molecule has 0 aromatic heterocycles. The van der Waals surface area contributed by atoms with Gasteiger partial charge in [0, 0.05) is 11.1 Å². The highest BCUT2D eigenvalue weighted by Crippen LogP contribution is 2.14. The monoisotopic (exact) mass is 483 g/mol. The quantitative estimate of drug-likeness (QED) is 0.259. The normalized spacial score (nSPS) is 12.3. The van der Waals surface area contributed by atoms with Crippen molar-refractivity contribution < 1.29 is 13.3 Å². The van der Waals surface area contributed by atoms with Crippen molar-refractivity contribution in [1.29, 1.82) is 0 Å². The standard InChI is InChI=1S/C28H25N3O3S/c1-22-17-19-26(20-18-22)35(32,33)31-29-27(24-13-7-3-8-14-24)28(25-15-9-4-10-16-25)30-34-21-23-11-5-2-6-12-23/h2-20,31H,21H2,1H3. The maximum atomic E-state index is 12.9. The molecule has 6 nitrogen and oxygen atoms in total. The van der Waals surface area contributed by atoms with Gasteiger partial charge in [0.1, 0.15) is 18.0 Å². The highest BCUT2D eigenvalue weighted by molar-refractivity contribution is 7.89. The van der Waals surface area contributed by atoms with Crippen LogP contribution < -0.4 is 4.83 Å². The number of hydrogen-bond donors (Lipinski definition) is 1. The van der Waals surface area contributed by atoms with Crippen LogP contribution in [0.25, 0.3) is 0 Å². The molecule has 0 aliphatic carbocycles. The third-order valence-electron chi connectivity index (χ3n) is 5.16.